The normalized spacial score (nSPS) is 17.5. The summed E-state index contributed by atoms with van der Waals surface area (Å²) in [7, 11) is -4.35. The number of primary sulfonamides is 1. The summed E-state index contributed by atoms with van der Waals surface area (Å²) in [5, 5.41) is 5.24. The number of esters is 1. The van der Waals surface area contributed by atoms with Gasteiger partial charge in [-0.3, -0.25) is 0 Å². The lowest BCUT2D eigenvalue weighted by Gasteiger charge is -2.18. The average Bonchev–Trinajstić information content (AvgIpc) is 3.60. The van der Waals surface area contributed by atoms with Gasteiger partial charge in [0, 0.05) is 42.4 Å². The summed E-state index contributed by atoms with van der Waals surface area (Å²) in [6.07, 6.45) is 5.30. The van der Waals surface area contributed by atoms with Crippen LogP contribution in [0.4, 0.5) is 4.39 Å². The van der Waals surface area contributed by atoms with E-state index in [9.17, 15) is 13.2 Å². The third-order valence-electron chi connectivity index (χ3n) is 8.17. The summed E-state index contributed by atoms with van der Waals surface area (Å²) in [5.41, 5.74) is 1.95. The zero-order chi connectivity index (χ0) is 36.9. The molecule has 0 bridgehead atoms. The van der Waals surface area contributed by atoms with Gasteiger partial charge in [0.2, 0.25) is 10.0 Å². The first-order valence-electron chi connectivity index (χ1n) is 17.8. The van der Waals surface area contributed by atoms with E-state index < -0.39 is 46.1 Å². The van der Waals surface area contributed by atoms with Gasteiger partial charge in [-0.1, -0.05) is 36.5 Å². The van der Waals surface area contributed by atoms with E-state index in [0.29, 0.717) is 34.7 Å². The van der Waals surface area contributed by atoms with Crippen LogP contribution >= 0.6 is 11.3 Å². The SMILES string of the molecule is [2H]C([2H])([2H])c1sc(-c2c(C([2H])([2H])[2H])c(-c3cccc(C#CC4CCC4)c3)n(Cc3ccc(S(N)(=O)=O)c(F)c3)c2CC2CC2)nc1C(=O)OCC. The molecule has 2 aromatic heterocycles. The van der Waals surface area contributed by atoms with Crippen molar-refractivity contribution in [3.63, 3.8) is 0 Å². The highest BCUT2D eigenvalue weighted by molar-refractivity contribution is 7.89. The van der Waals surface area contributed by atoms with E-state index in [2.05, 4.69) is 16.8 Å². The number of ether oxygens (including phenoxy) is 1. The Hall–Kier alpha value is -3.78. The van der Waals surface area contributed by atoms with Crippen molar-refractivity contribution in [3.05, 3.63) is 81.2 Å². The van der Waals surface area contributed by atoms with Gasteiger partial charge in [0.05, 0.1) is 12.3 Å². The molecule has 0 amide bonds. The number of nitrogens with zero attached hydrogens (tertiary/aromatic N) is 2. The van der Waals surface area contributed by atoms with Crippen LogP contribution in [-0.4, -0.2) is 30.5 Å². The number of nitrogens with two attached hydrogens (primary N) is 1. The van der Waals surface area contributed by atoms with Gasteiger partial charge in [0.25, 0.3) is 0 Å². The second kappa shape index (κ2) is 12.5. The van der Waals surface area contributed by atoms with Gasteiger partial charge in [-0.15, -0.1) is 11.3 Å². The van der Waals surface area contributed by atoms with Gasteiger partial charge in [-0.2, -0.15) is 0 Å². The molecule has 2 aliphatic rings. The maximum absolute atomic E-state index is 15.2. The number of thiazole rings is 1. The summed E-state index contributed by atoms with van der Waals surface area (Å²) >= 11 is 0.719. The van der Waals surface area contributed by atoms with Crippen LogP contribution in [0, 0.1) is 43.2 Å². The summed E-state index contributed by atoms with van der Waals surface area (Å²) in [4.78, 5) is 16.5. The first kappa shape index (κ1) is 24.5. The van der Waals surface area contributed by atoms with Crippen molar-refractivity contribution in [2.75, 3.05) is 6.61 Å². The first-order valence-corrected chi connectivity index (χ1v) is 17.2. The lowest BCUT2D eigenvalue weighted by atomic mass is 9.86. The molecule has 2 N–H and O–H groups in total. The fraction of sp³-hybridized carbons (Fsp3) is 0.371. The number of aromatic nitrogens is 2. The molecule has 0 atom stereocenters. The Kier molecular flexibility index (Phi) is 6.82. The van der Waals surface area contributed by atoms with Crippen molar-refractivity contribution in [2.45, 2.75) is 70.6 Å². The third kappa shape index (κ3) is 6.62. The van der Waals surface area contributed by atoms with Gasteiger partial charge in [-0.05, 0) is 99.6 Å². The van der Waals surface area contributed by atoms with Crippen LogP contribution in [0.5, 0.6) is 0 Å². The Balaban J connectivity index is 1.66. The Bertz CT molecular complexity index is 2170. The molecule has 4 aromatic rings. The predicted octanol–water partition coefficient (Wildman–Crippen LogP) is 7.01. The van der Waals surface area contributed by atoms with Crippen LogP contribution in [0.1, 0.15) is 85.0 Å². The van der Waals surface area contributed by atoms with Crippen LogP contribution < -0.4 is 5.14 Å². The second-order valence-electron chi connectivity index (χ2n) is 11.5. The van der Waals surface area contributed by atoms with Crippen molar-refractivity contribution in [2.24, 2.45) is 17.0 Å². The molecule has 2 fully saturated rings. The molecule has 2 aliphatic carbocycles. The number of hydrogen-bond acceptors (Lipinski definition) is 6. The fourth-order valence-corrected chi connectivity index (χ4v) is 6.95. The summed E-state index contributed by atoms with van der Waals surface area (Å²) in [6, 6.07) is 10.7. The molecule has 10 heteroatoms. The molecule has 2 aromatic carbocycles. The highest BCUT2D eigenvalue weighted by atomic mass is 32.2. The van der Waals surface area contributed by atoms with Gasteiger partial charge < -0.3 is 9.30 Å². The maximum atomic E-state index is 15.2. The molecule has 2 saturated carbocycles. The van der Waals surface area contributed by atoms with Gasteiger partial charge in [0.1, 0.15) is 15.7 Å². The van der Waals surface area contributed by atoms with E-state index >= 15 is 4.39 Å². The van der Waals surface area contributed by atoms with E-state index in [1.54, 1.807) is 29.7 Å². The topological polar surface area (TPSA) is 104 Å². The molecule has 6 rings (SSSR count). The van der Waals surface area contributed by atoms with Crippen LogP contribution in [0.3, 0.4) is 0 Å². The minimum Gasteiger partial charge on any atom is -0.461 e. The molecule has 0 spiro atoms. The highest BCUT2D eigenvalue weighted by Crippen LogP contribution is 2.44. The number of hydrogen-bond donors (Lipinski definition) is 1. The molecule has 45 heavy (non-hydrogen) atoms. The molecule has 0 aliphatic heterocycles. The van der Waals surface area contributed by atoms with Crippen LogP contribution in [0.15, 0.2) is 47.4 Å². The molecule has 0 unspecified atom stereocenters. The molecule has 2 heterocycles. The maximum Gasteiger partial charge on any atom is 0.358 e. The Morgan fingerprint density at radius 2 is 2.02 bits per heavy atom. The molecular formula is C35H36FN3O4S2. The van der Waals surface area contributed by atoms with Gasteiger partial charge in [-0.25, -0.2) is 27.7 Å². The molecule has 7 nitrogen and oxygen atoms in total. The standard InChI is InChI=1S/C35H36FN3O4S2/c1-4-43-35(40)32-22(3)44-34(38-32)31-21(2)33(27-10-6-9-24(17-27)12-11-23-7-5-8-23)39(29(31)19-25-13-14-25)20-26-15-16-30(28(36)18-26)45(37,41)42/h6,9-10,15-18,23,25H,4-5,7-8,13-14,19-20H2,1-3H3,(H2,37,41,42)/i2D3,3D3. The van der Waals surface area contributed by atoms with Crippen molar-refractivity contribution >= 4 is 27.3 Å². The molecule has 234 valence electrons. The van der Waals surface area contributed by atoms with E-state index in [-0.39, 0.29) is 45.8 Å². The van der Waals surface area contributed by atoms with Crippen molar-refractivity contribution < 1.29 is 30.6 Å². The number of rotatable bonds is 9. The molecular weight excluding hydrogens is 610 g/mol. The predicted molar refractivity (Wildman–Crippen MR) is 174 cm³/mol. The number of benzene rings is 2. The van der Waals surface area contributed by atoms with Gasteiger partial charge in [0.15, 0.2) is 5.69 Å². The highest BCUT2D eigenvalue weighted by Gasteiger charge is 2.31. The summed E-state index contributed by atoms with van der Waals surface area (Å²) in [5.74, 6) is 4.99. The number of halogens is 1. The third-order valence-corrected chi connectivity index (χ3v) is 10.00. The zero-order valence-electron chi connectivity index (χ0n) is 30.7. The largest absolute Gasteiger partial charge is 0.461 e. The number of carbonyl (C=O) groups excluding carboxylic acids is 1. The van der Waals surface area contributed by atoms with E-state index in [0.717, 1.165) is 55.6 Å². The lowest BCUT2D eigenvalue weighted by Crippen LogP contribution is -2.14. The van der Waals surface area contributed by atoms with E-state index in [1.807, 2.05) is 6.07 Å². The van der Waals surface area contributed by atoms with Crippen LogP contribution in [0.2, 0.25) is 0 Å². The molecule has 0 radical (unpaired) electrons. The average molecular weight is 652 g/mol. The minimum atomic E-state index is -4.35. The van der Waals surface area contributed by atoms with Crippen molar-refractivity contribution in [3.8, 4) is 33.7 Å². The van der Waals surface area contributed by atoms with Crippen molar-refractivity contribution in [1.82, 2.24) is 9.55 Å². The van der Waals surface area contributed by atoms with E-state index in [4.69, 9.17) is 18.1 Å². The fourth-order valence-electron chi connectivity index (χ4n) is 5.48. The Labute approximate surface area is 276 Å². The smallest absolute Gasteiger partial charge is 0.358 e. The summed E-state index contributed by atoms with van der Waals surface area (Å²) in [6.45, 7) is -4.06. The number of sulfonamides is 1. The Morgan fingerprint density at radius 3 is 2.67 bits per heavy atom. The molecule has 0 saturated heterocycles. The quantitative estimate of drug-likeness (QED) is 0.155. The number of carbonyl (C=O) groups is 1. The van der Waals surface area contributed by atoms with Gasteiger partial charge >= 0.3 is 5.97 Å². The monoisotopic (exact) mass is 651 g/mol. The van der Waals surface area contributed by atoms with E-state index in [1.165, 1.54) is 6.07 Å². The first-order chi connectivity index (χ1) is 24.0. The van der Waals surface area contributed by atoms with Crippen LogP contribution in [-0.2, 0) is 27.7 Å². The minimum absolute atomic E-state index is 0.0269. The number of aryl methyl sites for hydroxylation is 1. The zero-order valence-corrected chi connectivity index (χ0v) is 26.3. The van der Waals surface area contributed by atoms with Crippen molar-refractivity contribution in [1.29, 1.82) is 0 Å². The lowest BCUT2D eigenvalue weighted by molar-refractivity contribution is 0.0519. The second-order valence-corrected chi connectivity index (χ2v) is 14.0. The summed E-state index contributed by atoms with van der Waals surface area (Å²) < 4.78 is 97.1. The van der Waals surface area contributed by atoms with Crippen LogP contribution in [0.25, 0.3) is 21.8 Å². The Morgan fingerprint density at radius 1 is 1.20 bits per heavy atom.